The van der Waals surface area contributed by atoms with Crippen molar-refractivity contribution in [2.24, 2.45) is 5.73 Å². The molecule has 0 aromatic carbocycles. The van der Waals surface area contributed by atoms with Gasteiger partial charge in [0.25, 0.3) is 0 Å². The summed E-state index contributed by atoms with van der Waals surface area (Å²) < 4.78 is 5.28. The first-order chi connectivity index (χ1) is 6.88. The van der Waals surface area contributed by atoms with E-state index < -0.39 is 0 Å². The Hall–Kier alpha value is -0.490. The molecule has 1 aromatic heterocycles. The van der Waals surface area contributed by atoms with E-state index in [0.29, 0.717) is 6.54 Å². The van der Waals surface area contributed by atoms with Gasteiger partial charge >= 0.3 is 0 Å². The van der Waals surface area contributed by atoms with E-state index in [1.54, 1.807) is 11.3 Å². The molecular formula is C9H15N3OS. The molecule has 0 aliphatic carbocycles. The number of hydrogen-bond acceptors (Lipinski definition) is 5. The zero-order valence-electron chi connectivity index (χ0n) is 8.11. The molecule has 1 saturated heterocycles. The normalized spacial score (nSPS) is 18.6. The van der Waals surface area contributed by atoms with E-state index in [2.05, 4.69) is 15.3 Å². The van der Waals surface area contributed by atoms with Crippen LogP contribution < -0.4 is 5.73 Å². The van der Waals surface area contributed by atoms with Crippen LogP contribution in [0.15, 0.2) is 5.38 Å². The van der Waals surface area contributed by atoms with Gasteiger partial charge in [-0.1, -0.05) is 0 Å². The molecule has 0 unspecified atom stereocenters. The summed E-state index contributed by atoms with van der Waals surface area (Å²) in [6, 6.07) is 0. The van der Waals surface area contributed by atoms with Crippen molar-refractivity contribution in [1.82, 2.24) is 9.88 Å². The Kier molecular flexibility index (Phi) is 3.47. The molecule has 4 nitrogen and oxygen atoms in total. The third-order valence-corrected chi connectivity index (χ3v) is 3.18. The van der Waals surface area contributed by atoms with Crippen LogP contribution in [-0.4, -0.2) is 36.2 Å². The highest BCUT2D eigenvalue weighted by Crippen LogP contribution is 2.11. The van der Waals surface area contributed by atoms with Crippen molar-refractivity contribution in [3.63, 3.8) is 0 Å². The summed E-state index contributed by atoms with van der Waals surface area (Å²) >= 11 is 1.64. The first-order valence-electron chi connectivity index (χ1n) is 4.82. The van der Waals surface area contributed by atoms with Crippen LogP contribution in [0.25, 0.3) is 0 Å². The highest BCUT2D eigenvalue weighted by atomic mass is 32.1. The highest BCUT2D eigenvalue weighted by Gasteiger charge is 2.11. The van der Waals surface area contributed by atoms with Gasteiger partial charge in [-0.2, -0.15) is 0 Å². The lowest BCUT2D eigenvalue weighted by atomic mass is 10.3. The molecule has 0 amide bonds. The van der Waals surface area contributed by atoms with E-state index in [9.17, 15) is 0 Å². The van der Waals surface area contributed by atoms with Gasteiger partial charge in [-0.15, -0.1) is 11.3 Å². The summed E-state index contributed by atoms with van der Waals surface area (Å²) in [4.78, 5) is 6.79. The summed E-state index contributed by atoms with van der Waals surface area (Å²) in [6.07, 6.45) is 0. The van der Waals surface area contributed by atoms with Gasteiger partial charge in [0.05, 0.1) is 18.9 Å². The average Bonchev–Trinajstić information content (AvgIpc) is 2.67. The Morgan fingerprint density at radius 1 is 1.50 bits per heavy atom. The molecule has 2 heterocycles. The summed E-state index contributed by atoms with van der Waals surface area (Å²) in [5.74, 6) is 0. The van der Waals surface area contributed by atoms with Crippen molar-refractivity contribution >= 4 is 11.3 Å². The third kappa shape index (κ3) is 2.51. The topological polar surface area (TPSA) is 51.4 Å². The van der Waals surface area contributed by atoms with Crippen LogP contribution in [-0.2, 0) is 17.8 Å². The molecule has 1 aromatic rings. The molecule has 0 spiro atoms. The smallest absolute Gasteiger partial charge is 0.106 e. The molecular weight excluding hydrogens is 198 g/mol. The first-order valence-corrected chi connectivity index (χ1v) is 5.70. The van der Waals surface area contributed by atoms with Crippen LogP contribution in [0.1, 0.15) is 10.7 Å². The summed E-state index contributed by atoms with van der Waals surface area (Å²) in [6.45, 7) is 5.18. The number of hydrogen-bond donors (Lipinski definition) is 1. The van der Waals surface area contributed by atoms with E-state index in [4.69, 9.17) is 10.5 Å². The van der Waals surface area contributed by atoms with Gasteiger partial charge in [-0.3, -0.25) is 4.90 Å². The molecule has 78 valence electrons. The second kappa shape index (κ2) is 4.84. The van der Waals surface area contributed by atoms with Gasteiger partial charge in [0.1, 0.15) is 5.01 Å². The minimum Gasteiger partial charge on any atom is -0.379 e. The van der Waals surface area contributed by atoms with E-state index in [0.717, 1.165) is 43.5 Å². The lowest BCUT2D eigenvalue weighted by Crippen LogP contribution is -2.35. The Balaban J connectivity index is 1.89. The number of aromatic nitrogens is 1. The zero-order chi connectivity index (χ0) is 9.80. The van der Waals surface area contributed by atoms with Crippen LogP contribution in [0.2, 0.25) is 0 Å². The minimum atomic E-state index is 0.549. The summed E-state index contributed by atoms with van der Waals surface area (Å²) in [5.41, 5.74) is 6.65. The van der Waals surface area contributed by atoms with Crippen LogP contribution in [0.5, 0.6) is 0 Å². The number of morpholine rings is 1. The maximum absolute atomic E-state index is 5.51. The fraction of sp³-hybridized carbons (Fsp3) is 0.667. The van der Waals surface area contributed by atoms with Crippen LogP contribution in [0.4, 0.5) is 0 Å². The lowest BCUT2D eigenvalue weighted by Gasteiger charge is -2.25. The molecule has 1 fully saturated rings. The fourth-order valence-electron chi connectivity index (χ4n) is 1.50. The Morgan fingerprint density at radius 2 is 2.29 bits per heavy atom. The van der Waals surface area contributed by atoms with Crippen molar-refractivity contribution in [2.45, 2.75) is 13.1 Å². The van der Waals surface area contributed by atoms with Crippen LogP contribution in [0, 0.1) is 0 Å². The molecule has 5 heteroatoms. The Morgan fingerprint density at radius 3 is 2.93 bits per heavy atom. The van der Waals surface area contributed by atoms with E-state index in [1.165, 1.54) is 0 Å². The van der Waals surface area contributed by atoms with Crippen LogP contribution >= 0.6 is 11.3 Å². The van der Waals surface area contributed by atoms with Gasteiger partial charge in [0.2, 0.25) is 0 Å². The number of thiazole rings is 1. The Labute approximate surface area is 87.7 Å². The van der Waals surface area contributed by atoms with Gasteiger partial charge in [0, 0.05) is 31.6 Å². The van der Waals surface area contributed by atoms with Crippen molar-refractivity contribution in [2.75, 3.05) is 26.3 Å². The largest absolute Gasteiger partial charge is 0.379 e. The fourth-order valence-corrected chi connectivity index (χ4v) is 2.17. The second-order valence-electron chi connectivity index (χ2n) is 3.33. The molecule has 2 rings (SSSR count). The molecule has 0 saturated carbocycles. The standard InChI is InChI=1S/C9H15N3OS/c10-5-9-11-8(7-14-9)6-12-1-3-13-4-2-12/h7H,1-6,10H2. The number of rotatable bonds is 3. The monoisotopic (exact) mass is 213 g/mol. The predicted molar refractivity (Wildman–Crippen MR) is 56.1 cm³/mol. The first kappa shape index (κ1) is 10.0. The molecule has 1 aliphatic heterocycles. The van der Waals surface area contributed by atoms with Gasteiger partial charge in [0.15, 0.2) is 0 Å². The quantitative estimate of drug-likeness (QED) is 0.791. The summed E-state index contributed by atoms with van der Waals surface area (Å²) in [5, 5.41) is 3.12. The second-order valence-corrected chi connectivity index (χ2v) is 4.27. The van der Waals surface area contributed by atoms with Gasteiger partial charge < -0.3 is 10.5 Å². The third-order valence-electron chi connectivity index (χ3n) is 2.26. The maximum Gasteiger partial charge on any atom is 0.106 e. The van der Waals surface area contributed by atoms with Gasteiger partial charge in [-0.25, -0.2) is 4.98 Å². The van der Waals surface area contributed by atoms with Gasteiger partial charge in [-0.05, 0) is 0 Å². The zero-order valence-corrected chi connectivity index (χ0v) is 8.92. The average molecular weight is 213 g/mol. The summed E-state index contributed by atoms with van der Waals surface area (Å²) in [7, 11) is 0. The molecule has 14 heavy (non-hydrogen) atoms. The van der Waals surface area contributed by atoms with Crippen molar-refractivity contribution in [3.05, 3.63) is 16.1 Å². The lowest BCUT2D eigenvalue weighted by molar-refractivity contribution is 0.0337. The molecule has 0 bridgehead atoms. The van der Waals surface area contributed by atoms with Crippen molar-refractivity contribution in [3.8, 4) is 0 Å². The van der Waals surface area contributed by atoms with Crippen molar-refractivity contribution in [1.29, 1.82) is 0 Å². The van der Waals surface area contributed by atoms with E-state index in [-0.39, 0.29) is 0 Å². The van der Waals surface area contributed by atoms with E-state index in [1.807, 2.05) is 0 Å². The number of ether oxygens (including phenoxy) is 1. The maximum atomic E-state index is 5.51. The molecule has 0 atom stereocenters. The minimum absolute atomic E-state index is 0.549. The van der Waals surface area contributed by atoms with E-state index >= 15 is 0 Å². The Bertz CT molecular complexity index is 283. The molecule has 0 radical (unpaired) electrons. The molecule has 2 N–H and O–H groups in total. The number of nitrogens with zero attached hydrogens (tertiary/aromatic N) is 2. The van der Waals surface area contributed by atoms with Crippen molar-refractivity contribution < 1.29 is 4.74 Å². The molecule has 1 aliphatic rings. The SMILES string of the molecule is NCc1nc(CN2CCOCC2)cs1. The number of nitrogens with two attached hydrogens (primary N) is 1. The highest BCUT2D eigenvalue weighted by molar-refractivity contribution is 7.09. The van der Waals surface area contributed by atoms with Crippen LogP contribution in [0.3, 0.4) is 0 Å². The predicted octanol–water partition coefficient (Wildman–Crippen LogP) is 0.434.